The van der Waals surface area contributed by atoms with E-state index in [1.807, 2.05) is 6.92 Å². The molecule has 1 aromatic carbocycles. The fraction of sp³-hybridized carbons (Fsp3) is 0.562. The van der Waals surface area contributed by atoms with Crippen LogP contribution in [0.4, 0.5) is 8.78 Å². The van der Waals surface area contributed by atoms with Gasteiger partial charge in [0, 0.05) is 6.61 Å². The van der Waals surface area contributed by atoms with Gasteiger partial charge >= 0.3 is 0 Å². The van der Waals surface area contributed by atoms with Crippen LogP contribution in [0.25, 0.3) is 0 Å². The zero-order valence-electron chi connectivity index (χ0n) is 12.1. The lowest BCUT2D eigenvalue weighted by molar-refractivity contribution is 0.0197. The molecule has 0 aliphatic heterocycles. The van der Waals surface area contributed by atoms with Gasteiger partial charge in [0.25, 0.3) is 0 Å². The maximum absolute atomic E-state index is 13.7. The second-order valence-electron chi connectivity index (χ2n) is 5.26. The highest BCUT2D eigenvalue weighted by atomic mass is 19.2. The van der Waals surface area contributed by atoms with Crippen LogP contribution in [-0.4, -0.2) is 19.3 Å². The van der Waals surface area contributed by atoms with Crippen molar-refractivity contribution in [1.29, 1.82) is 5.26 Å². The molecule has 1 aliphatic carbocycles. The zero-order valence-corrected chi connectivity index (χ0v) is 12.1. The molecule has 0 atom stereocenters. The molecule has 0 spiro atoms. The highest BCUT2D eigenvalue weighted by molar-refractivity contribution is 5.37. The number of halogens is 2. The number of nitriles is 1. The quantitative estimate of drug-likeness (QED) is 0.829. The molecule has 0 aromatic heterocycles. The molecular weight excluding hydrogens is 276 g/mol. The average Bonchev–Trinajstić information content (AvgIpc) is 2.50. The predicted molar refractivity (Wildman–Crippen MR) is 73.9 cm³/mol. The van der Waals surface area contributed by atoms with Crippen molar-refractivity contribution in [2.45, 2.75) is 38.7 Å². The Morgan fingerprint density at radius 3 is 2.52 bits per heavy atom. The minimum Gasteiger partial charge on any atom is -0.490 e. The molecule has 0 radical (unpaired) electrons. The molecule has 114 valence electrons. The maximum Gasteiger partial charge on any atom is 0.201 e. The molecule has 1 aromatic rings. The summed E-state index contributed by atoms with van der Waals surface area (Å²) >= 11 is 0. The maximum atomic E-state index is 13.7. The van der Waals surface area contributed by atoms with Crippen LogP contribution in [0.2, 0.25) is 0 Å². The van der Waals surface area contributed by atoms with Crippen LogP contribution in [0.3, 0.4) is 0 Å². The van der Waals surface area contributed by atoms with E-state index in [-0.39, 0.29) is 11.3 Å². The fourth-order valence-corrected chi connectivity index (χ4v) is 2.64. The second kappa shape index (κ2) is 7.37. The van der Waals surface area contributed by atoms with Crippen LogP contribution in [0, 0.1) is 28.9 Å². The lowest BCUT2D eigenvalue weighted by atomic mass is 9.88. The normalized spacial score (nSPS) is 21.8. The van der Waals surface area contributed by atoms with Crippen molar-refractivity contribution in [1.82, 2.24) is 0 Å². The molecule has 21 heavy (non-hydrogen) atoms. The summed E-state index contributed by atoms with van der Waals surface area (Å²) in [6.45, 7) is 3.07. The van der Waals surface area contributed by atoms with E-state index < -0.39 is 11.6 Å². The van der Waals surface area contributed by atoms with Crippen molar-refractivity contribution in [2.24, 2.45) is 5.92 Å². The fourth-order valence-electron chi connectivity index (χ4n) is 2.64. The van der Waals surface area contributed by atoms with Gasteiger partial charge in [0.1, 0.15) is 6.07 Å². The van der Waals surface area contributed by atoms with Crippen molar-refractivity contribution >= 4 is 0 Å². The Hall–Kier alpha value is -1.67. The smallest absolute Gasteiger partial charge is 0.201 e. The highest BCUT2D eigenvalue weighted by Crippen LogP contribution is 2.28. The van der Waals surface area contributed by atoms with E-state index in [1.165, 1.54) is 12.1 Å². The summed E-state index contributed by atoms with van der Waals surface area (Å²) < 4.78 is 38.1. The molecule has 0 saturated heterocycles. The lowest BCUT2D eigenvalue weighted by Gasteiger charge is -2.28. The molecule has 1 saturated carbocycles. The van der Waals surface area contributed by atoms with Crippen molar-refractivity contribution in [3.63, 3.8) is 0 Å². The summed E-state index contributed by atoms with van der Waals surface area (Å²) in [6, 6.07) is 4.15. The van der Waals surface area contributed by atoms with E-state index in [0.717, 1.165) is 32.3 Å². The largest absolute Gasteiger partial charge is 0.490 e. The molecule has 3 nitrogen and oxygen atoms in total. The van der Waals surface area contributed by atoms with Gasteiger partial charge in [-0.1, -0.05) is 0 Å². The summed E-state index contributed by atoms with van der Waals surface area (Å²) in [7, 11) is 0. The van der Waals surface area contributed by atoms with Gasteiger partial charge in [0.15, 0.2) is 11.6 Å². The van der Waals surface area contributed by atoms with E-state index in [0.29, 0.717) is 18.6 Å². The highest BCUT2D eigenvalue weighted by Gasteiger charge is 2.22. The third kappa shape index (κ3) is 3.92. The van der Waals surface area contributed by atoms with Gasteiger partial charge in [0.05, 0.1) is 18.3 Å². The van der Waals surface area contributed by atoms with Gasteiger partial charge in [-0.2, -0.15) is 9.65 Å². The molecule has 5 heteroatoms. The summed E-state index contributed by atoms with van der Waals surface area (Å²) in [5.74, 6) is -2.02. The molecular formula is C16H19F2NO2. The van der Waals surface area contributed by atoms with Crippen LogP contribution < -0.4 is 4.74 Å². The van der Waals surface area contributed by atoms with E-state index in [4.69, 9.17) is 14.7 Å². The zero-order chi connectivity index (χ0) is 15.2. The Balaban J connectivity index is 1.87. The van der Waals surface area contributed by atoms with Crippen LogP contribution in [0.1, 0.15) is 38.2 Å². The number of nitrogens with zero attached hydrogens (tertiary/aromatic N) is 1. The number of ether oxygens (including phenoxy) is 2. The minimum absolute atomic E-state index is 0.126. The second-order valence-corrected chi connectivity index (χ2v) is 5.26. The molecule has 1 fully saturated rings. The Bertz CT molecular complexity index is 520. The van der Waals surface area contributed by atoms with E-state index in [2.05, 4.69) is 0 Å². The Morgan fingerprint density at radius 1 is 1.19 bits per heavy atom. The Labute approximate surface area is 123 Å². The number of benzene rings is 1. The summed E-state index contributed by atoms with van der Waals surface area (Å²) in [4.78, 5) is 0. The van der Waals surface area contributed by atoms with Crippen molar-refractivity contribution < 1.29 is 18.3 Å². The topological polar surface area (TPSA) is 42.2 Å². The first kappa shape index (κ1) is 15.7. The van der Waals surface area contributed by atoms with Crippen LogP contribution in [-0.2, 0) is 4.74 Å². The van der Waals surface area contributed by atoms with Crippen molar-refractivity contribution in [3.05, 3.63) is 29.3 Å². The van der Waals surface area contributed by atoms with Gasteiger partial charge in [-0.3, -0.25) is 0 Å². The Morgan fingerprint density at radius 2 is 1.90 bits per heavy atom. The molecule has 0 N–H and O–H groups in total. The van der Waals surface area contributed by atoms with Gasteiger partial charge < -0.3 is 9.47 Å². The Kier molecular flexibility index (Phi) is 5.51. The first-order valence-electron chi connectivity index (χ1n) is 7.28. The van der Waals surface area contributed by atoms with Crippen LogP contribution in [0.15, 0.2) is 12.1 Å². The third-order valence-corrected chi connectivity index (χ3v) is 3.84. The SMILES string of the molecule is CCOC1CCC(COc2ccc(C#N)c(F)c2F)CC1. The molecule has 0 bridgehead atoms. The van der Waals surface area contributed by atoms with Crippen LogP contribution in [0.5, 0.6) is 5.75 Å². The lowest BCUT2D eigenvalue weighted by Crippen LogP contribution is -2.25. The first-order chi connectivity index (χ1) is 10.2. The van der Waals surface area contributed by atoms with E-state index in [9.17, 15) is 8.78 Å². The van der Waals surface area contributed by atoms with Gasteiger partial charge in [-0.05, 0) is 50.7 Å². The molecule has 1 aliphatic rings. The molecule has 0 heterocycles. The standard InChI is InChI=1S/C16H19F2NO2/c1-2-20-13-6-3-11(4-7-13)10-21-14-8-5-12(9-19)15(17)16(14)18/h5,8,11,13H,2-4,6-7,10H2,1H3. The van der Waals surface area contributed by atoms with Crippen LogP contribution >= 0.6 is 0 Å². The minimum atomic E-state index is -1.14. The number of rotatable bonds is 5. The van der Waals surface area contributed by atoms with Gasteiger partial charge in [-0.15, -0.1) is 0 Å². The van der Waals surface area contributed by atoms with E-state index >= 15 is 0 Å². The monoisotopic (exact) mass is 295 g/mol. The average molecular weight is 295 g/mol. The molecule has 2 rings (SSSR count). The summed E-state index contributed by atoms with van der Waals surface area (Å²) in [5.41, 5.74) is -0.308. The summed E-state index contributed by atoms with van der Waals surface area (Å²) in [5, 5.41) is 8.63. The third-order valence-electron chi connectivity index (χ3n) is 3.84. The predicted octanol–water partition coefficient (Wildman–Crippen LogP) is 3.81. The van der Waals surface area contributed by atoms with Gasteiger partial charge in [-0.25, -0.2) is 4.39 Å². The van der Waals surface area contributed by atoms with Gasteiger partial charge in [0.2, 0.25) is 5.82 Å². The number of hydrogen-bond donors (Lipinski definition) is 0. The first-order valence-corrected chi connectivity index (χ1v) is 7.28. The van der Waals surface area contributed by atoms with Crippen molar-refractivity contribution in [3.8, 4) is 11.8 Å². The molecule has 0 unspecified atom stereocenters. The van der Waals surface area contributed by atoms with Crippen molar-refractivity contribution in [2.75, 3.05) is 13.2 Å². The molecule has 0 amide bonds. The van der Waals surface area contributed by atoms with E-state index in [1.54, 1.807) is 6.07 Å². The summed E-state index contributed by atoms with van der Waals surface area (Å²) in [6.07, 6.45) is 4.20. The number of hydrogen-bond acceptors (Lipinski definition) is 3.